The number of hydrogen-bond donors (Lipinski definition) is 2. The number of rotatable bonds is 4. The first-order valence-electron chi connectivity index (χ1n) is 6.68. The molecule has 2 rings (SSSR count). The maximum Gasteiger partial charge on any atom is 2.00 e. The molecule has 3 atom stereocenters. The summed E-state index contributed by atoms with van der Waals surface area (Å²) in [6, 6.07) is 0.330. The molecule has 1 aliphatic carbocycles. The first kappa shape index (κ1) is 22.8. The maximum absolute atomic E-state index is 10.9. The van der Waals surface area contributed by atoms with Crippen LogP contribution in [-0.4, -0.2) is 36.0 Å². The van der Waals surface area contributed by atoms with Crippen molar-refractivity contribution in [3.8, 4) is 0 Å². The van der Waals surface area contributed by atoms with E-state index in [1.165, 1.54) is 19.3 Å². The summed E-state index contributed by atoms with van der Waals surface area (Å²) in [7, 11) is 0. The summed E-state index contributed by atoms with van der Waals surface area (Å²) in [6.45, 7) is 4.03. The zero-order valence-electron chi connectivity index (χ0n) is 12.4. The van der Waals surface area contributed by atoms with Crippen molar-refractivity contribution < 1.29 is 40.9 Å². The number of carboxylic acids is 2. The molecule has 0 aromatic heterocycles. The molecule has 8 heteroatoms. The van der Waals surface area contributed by atoms with Crippen molar-refractivity contribution >= 4 is 11.9 Å². The molecule has 0 bridgehead atoms. The number of aliphatic carboxylic acids is 2. The second kappa shape index (κ2) is 9.51. The summed E-state index contributed by atoms with van der Waals surface area (Å²) in [5.41, 5.74) is 0. The van der Waals surface area contributed by atoms with Gasteiger partial charge in [-0.15, -0.1) is 0 Å². The van der Waals surface area contributed by atoms with Gasteiger partial charge in [-0.1, -0.05) is 13.3 Å². The Morgan fingerprint density at radius 3 is 1.90 bits per heavy atom. The number of carbonyl (C=O) groups excluding carboxylic acids is 2. The van der Waals surface area contributed by atoms with Crippen LogP contribution in [0.1, 0.15) is 32.6 Å². The fourth-order valence-corrected chi connectivity index (χ4v) is 3.41. The van der Waals surface area contributed by atoms with Crippen molar-refractivity contribution in [2.45, 2.75) is 38.6 Å². The van der Waals surface area contributed by atoms with E-state index in [9.17, 15) is 19.8 Å². The van der Waals surface area contributed by atoms with Crippen molar-refractivity contribution in [2.24, 2.45) is 17.8 Å². The standard InChI is InChI=1S/C13H21NO4.2H3N.Pt/c1-8-9(11(12(15)16)13(17)18)7-10(8)14-5-3-2-4-6-14;;;/h8-11H,2-7H2,1H3,(H,15,16)(H,17,18);2*1H3;/q;;;+2/p-2. The predicted molar refractivity (Wildman–Crippen MR) is 70.0 cm³/mol. The van der Waals surface area contributed by atoms with Gasteiger partial charge >= 0.3 is 21.1 Å². The van der Waals surface area contributed by atoms with Gasteiger partial charge in [0.15, 0.2) is 0 Å². The molecule has 0 spiro atoms. The summed E-state index contributed by atoms with van der Waals surface area (Å²) in [5, 5.41) is 21.7. The van der Waals surface area contributed by atoms with Crippen LogP contribution in [0, 0.1) is 17.8 Å². The van der Waals surface area contributed by atoms with Crippen LogP contribution in [-0.2, 0) is 30.7 Å². The Hall–Kier alpha value is -0.492. The van der Waals surface area contributed by atoms with Crippen LogP contribution in [0.25, 0.3) is 0 Å². The molecule has 6 N–H and O–H groups in total. The molecule has 3 unspecified atom stereocenters. The van der Waals surface area contributed by atoms with Crippen molar-refractivity contribution in [3.63, 3.8) is 0 Å². The van der Waals surface area contributed by atoms with E-state index < -0.39 is 17.9 Å². The number of nitrogens with zero attached hydrogens (tertiary/aromatic N) is 1. The Balaban J connectivity index is 0. The van der Waals surface area contributed by atoms with Crippen molar-refractivity contribution in [2.75, 3.05) is 13.1 Å². The fourth-order valence-electron chi connectivity index (χ4n) is 3.41. The van der Waals surface area contributed by atoms with Gasteiger partial charge < -0.3 is 37.0 Å². The van der Waals surface area contributed by atoms with Gasteiger partial charge in [-0.25, -0.2) is 0 Å². The smallest absolute Gasteiger partial charge is 0.549 e. The molecule has 1 aliphatic heterocycles. The average Bonchev–Trinajstić information content (AvgIpc) is 2.33. The van der Waals surface area contributed by atoms with Gasteiger partial charge in [-0.2, -0.15) is 0 Å². The van der Waals surface area contributed by atoms with E-state index >= 15 is 0 Å². The maximum atomic E-state index is 10.9. The number of likely N-dealkylation sites (tertiary alicyclic amines) is 1. The molecule has 2 fully saturated rings. The SMILES string of the molecule is CC1C(C(C(=O)[O-])C(=O)[O-])CC1N1CCCCC1.N.N.[Pt+2]. The van der Waals surface area contributed by atoms with Crippen LogP contribution in [0.3, 0.4) is 0 Å². The third kappa shape index (κ3) is 4.74. The number of hydrogen-bond acceptors (Lipinski definition) is 7. The molecule has 1 saturated heterocycles. The van der Waals surface area contributed by atoms with Crippen LogP contribution >= 0.6 is 0 Å². The Morgan fingerprint density at radius 2 is 1.52 bits per heavy atom. The van der Waals surface area contributed by atoms with Gasteiger partial charge in [-0.05, 0) is 44.2 Å². The molecule has 1 saturated carbocycles. The van der Waals surface area contributed by atoms with Crippen LogP contribution in [0.15, 0.2) is 0 Å². The van der Waals surface area contributed by atoms with Crippen LogP contribution in [0.4, 0.5) is 0 Å². The van der Waals surface area contributed by atoms with Crippen molar-refractivity contribution in [1.29, 1.82) is 0 Å². The zero-order valence-corrected chi connectivity index (χ0v) is 14.6. The Kier molecular flexibility index (Phi) is 10.3. The minimum atomic E-state index is -1.51. The van der Waals surface area contributed by atoms with E-state index in [0.717, 1.165) is 13.1 Å². The van der Waals surface area contributed by atoms with Crippen LogP contribution in [0.5, 0.6) is 0 Å². The van der Waals surface area contributed by atoms with Gasteiger partial charge in [0.25, 0.3) is 0 Å². The summed E-state index contributed by atoms with van der Waals surface area (Å²) >= 11 is 0. The normalized spacial score (nSPS) is 28.4. The van der Waals surface area contributed by atoms with Gasteiger partial charge in [0.1, 0.15) is 0 Å². The van der Waals surface area contributed by atoms with E-state index in [-0.39, 0.29) is 45.2 Å². The molecule has 2 aliphatic rings. The van der Waals surface area contributed by atoms with E-state index in [1.807, 2.05) is 6.92 Å². The fraction of sp³-hybridized carbons (Fsp3) is 0.846. The van der Waals surface area contributed by atoms with Crippen molar-refractivity contribution in [3.05, 3.63) is 0 Å². The molecule has 0 aromatic carbocycles. The summed E-state index contributed by atoms with van der Waals surface area (Å²) in [6.07, 6.45) is 4.24. The molecule has 0 radical (unpaired) electrons. The first-order valence-corrected chi connectivity index (χ1v) is 6.68. The predicted octanol–water partition coefficient (Wildman–Crippen LogP) is -1.07. The zero-order chi connectivity index (χ0) is 13.3. The molecular weight excluding hydrogens is 457 g/mol. The first-order chi connectivity index (χ1) is 8.52. The number of carboxylic acid groups (broad SMARTS) is 2. The minimum Gasteiger partial charge on any atom is -0.549 e. The van der Waals surface area contributed by atoms with Gasteiger partial charge in [0.2, 0.25) is 0 Å². The third-order valence-corrected chi connectivity index (χ3v) is 4.59. The molecule has 1 heterocycles. The van der Waals surface area contributed by atoms with Crippen LogP contribution in [0.2, 0.25) is 0 Å². The third-order valence-electron chi connectivity index (χ3n) is 4.59. The van der Waals surface area contributed by atoms with E-state index in [2.05, 4.69) is 4.90 Å². The minimum absolute atomic E-state index is 0. The van der Waals surface area contributed by atoms with Crippen molar-refractivity contribution in [1.82, 2.24) is 17.2 Å². The second-order valence-electron chi connectivity index (χ2n) is 5.54. The molecular formula is C13H25N3O4Pt. The summed E-state index contributed by atoms with van der Waals surface area (Å²) in [5.74, 6) is -4.73. The number of carbonyl (C=O) groups is 2. The monoisotopic (exact) mass is 482 g/mol. The molecule has 0 amide bonds. The van der Waals surface area contributed by atoms with Gasteiger partial charge in [0, 0.05) is 12.0 Å². The Labute approximate surface area is 139 Å². The van der Waals surface area contributed by atoms with Crippen LogP contribution < -0.4 is 22.5 Å². The quantitative estimate of drug-likeness (QED) is 0.484. The molecule has 21 heavy (non-hydrogen) atoms. The van der Waals surface area contributed by atoms with E-state index in [4.69, 9.17) is 0 Å². The Morgan fingerprint density at radius 1 is 1.05 bits per heavy atom. The molecule has 7 nitrogen and oxygen atoms in total. The van der Waals surface area contributed by atoms with E-state index in [0.29, 0.717) is 12.5 Å². The van der Waals surface area contributed by atoms with Gasteiger partial charge in [0.05, 0.1) is 11.9 Å². The summed E-state index contributed by atoms with van der Waals surface area (Å²) < 4.78 is 0. The second-order valence-corrected chi connectivity index (χ2v) is 5.54. The summed E-state index contributed by atoms with van der Waals surface area (Å²) in [4.78, 5) is 24.1. The van der Waals surface area contributed by atoms with E-state index in [1.54, 1.807) is 0 Å². The molecule has 126 valence electrons. The number of piperidine rings is 1. The average molecular weight is 482 g/mol. The largest absolute Gasteiger partial charge is 2.00 e. The van der Waals surface area contributed by atoms with Gasteiger partial charge in [-0.3, -0.25) is 0 Å². The topological polar surface area (TPSA) is 154 Å². The molecule has 0 aromatic rings. The Bertz CT molecular complexity index is 336.